The molecule has 0 saturated carbocycles. The smallest absolute Gasteiger partial charge is 0.326 e. The Morgan fingerprint density at radius 1 is 0.789 bits per heavy atom. The second-order valence-electron chi connectivity index (χ2n) is 9.07. The Morgan fingerprint density at radius 3 is 1.58 bits per heavy atom. The van der Waals surface area contributed by atoms with Crippen LogP contribution in [-0.2, 0) is 25.6 Å². The molecule has 0 aliphatic heterocycles. The van der Waals surface area contributed by atoms with Crippen molar-refractivity contribution >= 4 is 23.8 Å². The van der Waals surface area contributed by atoms with Gasteiger partial charge in [0.05, 0.1) is 10.8 Å². The lowest BCUT2D eigenvalue weighted by atomic mass is 9.61. The summed E-state index contributed by atoms with van der Waals surface area (Å²) in [5.41, 5.74) is 3.68. The summed E-state index contributed by atoms with van der Waals surface area (Å²) in [6.45, 7) is 7.18. The van der Waals surface area contributed by atoms with Crippen molar-refractivity contribution in [2.45, 2.75) is 108 Å². The number of carboxylic acid groups (broad SMARTS) is 2. The van der Waals surface area contributed by atoms with Crippen LogP contribution in [0.4, 0.5) is 0 Å². The van der Waals surface area contributed by atoms with E-state index in [-0.39, 0.29) is 55.4 Å². The van der Waals surface area contributed by atoms with E-state index in [9.17, 15) is 29.4 Å². The molecule has 9 heteroatoms. The van der Waals surface area contributed by atoms with E-state index < -0.39 is 46.7 Å². The maximum absolute atomic E-state index is 13.5. The number of aliphatic carboxylic acids is 2. The number of rotatable bonds is 15. The third kappa shape index (κ3) is 10.4. The summed E-state index contributed by atoms with van der Waals surface area (Å²) in [4.78, 5) is 50.4. The summed E-state index contributed by atoms with van der Waals surface area (Å²) in [7, 11) is 0. The number of hydrogen-bond donors (Lipinski definition) is 5. The van der Waals surface area contributed by atoms with Crippen molar-refractivity contribution in [1.29, 1.82) is 0 Å². The van der Waals surface area contributed by atoms with Crippen molar-refractivity contribution in [2.24, 2.45) is 16.6 Å². The van der Waals surface area contributed by atoms with Gasteiger partial charge >= 0.3 is 11.9 Å². The fraction of sp³-hybridized carbons (Fsp3) is 0.655. The Balaban J connectivity index is -0.00000144. The highest BCUT2D eigenvalue weighted by molar-refractivity contribution is 5.96. The molecule has 0 aliphatic carbocycles. The van der Waals surface area contributed by atoms with Crippen molar-refractivity contribution in [3.63, 3.8) is 0 Å². The number of nitrogens with two attached hydrogens (primary N) is 1. The van der Waals surface area contributed by atoms with Gasteiger partial charge in [0, 0.05) is 6.42 Å². The number of carboxylic acids is 2. The molecule has 1 aromatic rings. The minimum Gasteiger partial charge on any atom is -0.480 e. The van der Waals surface area contributed by atoms with Crippen molar-refractivity contribution < 1.29 is 29.4 Å². The molecule has 1 aromatic carbocycles. The lowest BCUT2D eigenvalue weighted by Gasteiger charge is -2.44. The van der Waals surface area contributed by atoms with Crippen molar-refractivity contribution in [1.82, 2.24) is 10.6 Å². The second kappa shape index (κ2) is 19.2. The third-order valence-electron chi connectivity index (χ3n) is 7.07. The molecule has 1 rings (SSSR count). The fourth-order valence-corrected chi connectivity index (χ4v) is 4.04. The predicted molar refractivity (Wildman–Crippen MR) is 156 cm³/mol. The van der Waals surface area contributed by atoms with E-state index in [1.807, 2.05) is 6.07 Å². The maximum Gasteiger partial charge on any atom is 0.326 e. The van der Waals surface area contributed by atoms with Crippen molar-refractivity contribution in [3.05, 3.63) is 35.9 Å². The van der Waals surface area contributed by atoms with Crippen LogP contribution in [0.3, 0.4) is 0 Å². The number of nitrogens with one attached hydrogen (secondary N) is 2. The fourth-order valence-electron chi connectivity index (χ4n) is 4.04. The van der Waals surface area contributed by atoms with Gasteiger partial charge in [0.2, 0.25) is 11.8 Å². The Morgan fingerprint density at radius 2 is 1.21 bits per heavy atom. The Labute approximate surface area is 231 Å². The first-order chi connectivity index (χ1) is 16.0. The Hall–Kier alpha value is -2.94. The number of amides is 2. The molecular formula is C29H55N3O6. The molecule has 4 unspecified atom stereocenters. The Kier molecular flexibility index (Phi) is 21.3. The molecule has 2 amide bonds. The monoisotopic (exact) mass is 541 g/mol. The van der Waals surface area contributed by atoms with E-state index in [0.29, 0.717) is 19.4 Å². The first kappa shape index (κ1) is 42.2. The predicted octanol–water partition coefficient (Wildman–Crippen LogP) is 4.87. The van der Waals surface area contributed by atoms with Gasteiger partial charge in [-0.05, 0) is 58.1 Å². The molecule has 0 aromatic heterocycles. The molecule has 4 atom stereocenters. The molecule has 0 aliphatic rings. The zero-order chi connectivity index (χ0) is 25.9. The van der Waals surface area contributed by atoms with E-state index >= 15 is 0 Å². The van der Waals surface area contributed by atoms with Crippen LogP contribution >= 0.6 is 0 Å². The van der Waals surface area contributed by atoms with Gasteiger partial charge in [-0.2, -0.15) is 0 Å². The summed E-state index contributed by atoms with van der Waals surface area (Å²) in [5.74, 6) is -3.44. The molecule has 0 bridgehead atoms. The molecule has 0 saturated heterocycles. The highest BCUT2D eigenvalue weighted by atomic mass is 16.4. The maximum atomic E-state index is 13.5. The van der Waals surface area contributed by atoms with Gasteiger partial charge in [-0.25, -0.2) is 9.59 Å². The first-order valence-electron chi connectivity index (χ1n) is 11.8. The van der Waals surface area contributed by atoms with Gasteiger partial charge in [-0.3, -0.25) is 9.59 Å². The highest BCUT2D eigenvalue weighted by Gasteiger charge is 2.53. The molecule has 222 valence electrons. The van der Waals surface area contributed by atoms with E-state index in [1.165, 1.54) is 0 Å². The van der Waals surface area contributed by atoms with Gasteiger partial charge in [-0.1, -0.05) is 73.9 Å². The number of carbonyl (C=O) groups excluding carboxylic acids is 2. The standard InChI is InChI=1S/C25H39N3O6.4CH4/c1-5-24(3,22(33)27-18(20(29)30)14-10-11-15-26)25(4,6-2)23(34)28-19(21(31)32)16-17-12-8-7-9-13-17;;;;/h7-9,12-13,18-19H,5-6,10-11,14-16,26H2,1-4H3,(H,27,33)(H,28,34)(H,29,30)(H,31,32);4*1H4. The van der Waals surface area contributed by atoms with Gasteiger partial charge in [0.15, 0.2) is 0 Å². The highest BCUT2D eigenvalue weighted by Crippen LogP contribution is 2.45. The molecule has 0 spiro atoms. The summed E-state index contributed by atoms with van der Waals surface area (Å²) in [6, 6.07) is 6.68. The van der Waals surface area contributed by atoms with Crippen LogP contribution in [0.2, 0.25) is 0 Å². The van der Waals surface area contributed by atoms with Crippen LogP contribution in [-0.4, -0.2) is 52.6 Å². The van der Waals surface area contributed by atoms with Crippen LogP contribution < -0.4 is 16.4 Å². The van der Waals surface area contributed by atoms with E-state index in [1.54, 1.807) is 52.0 Å². The van der Waals surface area contributed by atoms with Crippen molar-refractivity contribution in [2.75, 3.05) is 6.54 Å². The van der Waals surface area contributed by atoms with Crippen LogP contribution in [0.5, 0.6) is 0 Å². The zero-order valence-corrected chi connectivity index (χ0v) is 20.6. The lowest BCUT2D eigenvalue weighted by Crippen LogP contribution is -2.59. The van der Waals surface area contributed by atoms with Gasteiger partial charge in [-0.15, -0.1) is 0 Å². The van der Waals surface area contributed by atoms with E-state index in [2.05, 4.69) is 10.6 Å². The van der Waals surface area contributed by atoms with Gasteiger partial charge in [0.1, 0.15) is 12.1 Å². The normalized spacial score (nSPS) is 14.7. The SMILES string of the molecule is C.C.C.C.CCC(C)(C(=O)NC(CCCCN)C(=O)O)C(C)(CC)C(=O)NC(Cc1ccccc1)C(=O)O. The Bertz CT molecular complexity index is 848. The minimum atomic E-state index is -1.28. The second-order valence-corrected chi connectivity index (χ2v) is 9.07. The first-order valence-corrected chi connectivity index (χ1v) is 11.8. The number of unbranched alkanes of at least 4 members (excludes halogenated alkanes) is 1. The quantitative estimate of drug-likeness (QED) is 0.198. The number of hydrogen-bond acceptors (Lipinski definition) is 5. The summed E-state index contributed by atoms with van der Waals surface area (Å²) in [5, 5.41) is 24.5. The average Bonchev–Trinajstić information content (AvgIpc) is 2.82. The number of benzene rings is 1. The van der Waals surface area contributed by atoms with Gasteiger partial charge in [0.25, 0.3) is 0 Å². The lowest BCUT2D eigenvalue weighted by molar-refractivity contribution is -0.155. The van der Waals surface area contributed by atoms with Crippen LogP contribution in [0.1, 0.15) is 95.1 Å². The minimum absolute atomic E-state index is 0. The molecule has 9 nitrogen and oxygen atoms in total. The van der Waals surface area contributed by atoms with Gasteiger partial charge < -0.3 is 26.6 Å². The number of carbonyl (C=O) groups is 4. The van der Waals surface area contributed by atoms with Crippen LogP contribution in [0.25, 0.3) is 0 Å². The summed E-state index contributed by atoms with van der Waals surface area (Å²) < 4.78 is 0. The topological polar surface area (TPSA) is 159 Å². The largest absolute Gasteiger partial charge is 0.480 e. The van der Waals surface area contributed by atoms with Crippen molar-refractivity contribution in [3.8, 4) is 0 Å². The average molecular weight is 542 g/mol. The molecule has 0 heterocycles. The zero-order valence-electron chi connectivity index (χ0n) is 20.6. The summed E-state index contributed by atoms with van der Waals surface area (Å²) in [6.07, 6.45) is 2.01. The molecule has 6 N–H and O–H groups in total. The third-order valence-corrected chi connectivity index (χ3v) is 7.07. The van der Waals surface area contributed by atoms with E-state index in [0.717, 1.165) is 5.56 Å². The summed E-state index contributed by atoms with van der Waals surface area (Å²) >= 11 is 0. The molecule has 38 heavy (non-hydrogen) atoms. The molecule has 0 fully saturated rings. The van der Waals surface area contributed by atoms with Crippen LogP contribution in [0, 0.1) is 10.8 Å². The molecule has 0 radical (unpaired) electrons. The van der Waals surface area contributed by atoms with Crippen LogP contribution in [0.15, 0.2) is 30.3 Å². The van der Waals surface area contributed by atoms with E-state index in [4.69, 9.17) is 5.73 Å². The molecular weight excluding hydrogens is 486 g/mol.